The fraction of sp³-hybridized carbons (Fsp3) is 0.0455. The summed E-state index contributed by atoms with van der Waals surface area (Å²) < 4.78 is 8.83. The molecule has 0 aliphatic heterocycles. The fourth-order valence-corrected chi connectivity index (χ4v) is 3.49. The molecule has 0 saturated carbocycles. The first-order chi connectivity index (χ1) is 14.7. The number of hydrogen-bond donors (Lipinski definition) is 0. The highest BCUT2D eigenvalue weighted by molar-refractivity contribution is 5.94. The zero-order chi connectivity index (χ0) is 20.5. The molecular weight excluding hydrogens is 382 g/mol. The topological polar surface area (TPSA) is 91.9 Å². The van der Waals surface area contributed by atoms with Gasteiger partial charge < -0.3 is 9.30 Å². The third kappa shape index (κ3) is 3.10. The van der Waals surface area contributed by atoms with E-state index in [1.54, 1.807) is 36.4 Å². The largest absolute Gasteiger partial charge is 0.425 e. The van der Waals surface area contributed by atoms with Crippen molar-refractivity contribution >= 4 is 27.8 Å². The lowest BCUT2D eigenvalue weighted by Crippen LogP contribution is -2.19. The Bertz CT molecular complexity index is 1360. The Balaban J connectivity index is 1.47. The van der Waals surface area contributed by atoms with Crippen molar-refractivity contribution in [1.29, 1.82) is 0 Å². The first-order valence-corrected chi connectivity index (χ1v) is 9.25. The molecule has 5 aromatic rings. The number of carbonyl (C=O) groups is 1. The van der Waals surface area contributed by atoms with Crippen LogP contribution in [0.15, 0.2) is 83.9 Å². The summed E-state index contributed by atoms with van der Waals surface area (Å²) in [5.41, 5.74) is 2.07. The van der Waals surface area contributed by atoms with Crippen LogP contribution in [-0.2, 0) is 11.3 Å². The molecule has 146 valence electrons. The summed E-state index contributed by atoms with van der Waals surface area (Å²) >= 11 is 0. The van der Waals surface area contributed by atoms with Crippen LogP contribution in [0.1, 0.15) is 0 Å². The van der Waals surface area contributed by atoms with Gasteiger partial charge in [-0.2, -0.15) is 0 Å². The molecule has 0 saturated heterocycles. The number of benzene rings is 3. The van der Waals surface area contributed by atoms with E-state index in [1.165, 1.54) is 11.0 Å². The van der Waals surface area contributed by atoms with E-state index in [2.05, 4.69) is 15.5 Å². The Morgan fingerprint density at radius 2 is 1.50 bits per heavy atom. The van der Waals surface area contributed by atoms with Gasteiger partial charge in [-0.15, -0.1) is 5.10 Å². The molecule has 0 spiro atoms. The van der Waals surface area contributed by atoms with Gasteiger partial charge in [0, 0.05) is 10.8 Å². The van der Waals surface area contributed by atoms with Gasteiger partial charge in [0.05, 0.1) is 16.7 Å². The van der Waals surface area contributed by atoms with Crippen LogP contribution in [0.25, 0.3) is 27.5 Å². The Labute approximate surface area is 169 Å². The molecule has 30 heavy (non-hydrogen) atoms. The van der Waals surface area contributed by atoms with Crippen LogP contribution in [0, 0.1) is 0 Å². The van der Waals surface area contributed by atoms with E-state index < -0.39 is 5.97 Å². The summed E-state index contributed by atoms with van der Waals surface area (Å²) in [6.45, 7) is -0.0317. The van der Waals surface area contributed by atoms with Crippen molar-refractivity contribution in [2.24, 2.45) is 0 Å². The molecule has 0 radical (unpaired) electrons. The first kappa shape index (κ1) is 17.7. The SMILES string of the molecule is O=C(Cn1c2ccccc2c(=O)c2ccccc21)Oc1ccc(-n2cnnn2)cc1. The standard InChI is InChI=1S/C22H15N5O3/c28-21(30-16-11-9-15(10-12-16)27-14-23-24-25-27)13-26-19-7-3-1-5-17(19)22(29)18-6-2-4-8-20(18)26/h1-12,14H,13H2. The van der Waals surface area contributed by atoms with Gasteiger partial charge >= 0.3 is 5.97 Å². The molecule has 2 aromatic heterocycles. The lowest BCUT2D eigenvalue weighted by atomic mass is 10.1. The summed E-state index contributed by atoms with van der Waals surface area (Å²) in [4.78, 5) is 25.5. The van der Waals surface area contributed by atoms with E-state index in [0.29, 0.717) is 27.6 Å². The number of ether oxygens (including phenoxy) is 1. The molecule has 0 N–H and O–H groups in total. The minimum Gasteiger partial charge on any atom is -0.425 e. The number of para-hydroxylation sites is 2. The molecule has 0 atom stereocenters. The summed E-state index contributed by atoms with van der Waals surface area (Å²) in [6, 6.07) is 21.4. The fourth-order valence-electron chi connectivity index (χ4n) is 3.49. The van der Waals surface area contributed by atoms with Gasteiger partial charge in [0.2, 0.25) is 0 Å². The highest BCUT2D eigenvalue weighted by Gasteiger charge is 2.14. The Hall–Kier alpha value is -4.33. The Morgan fingerprint density at radius 3 is 2.10 bits per heavy atom. The normalized spacial score (nSPS) is 11.1. The average Bonchev–Trinajstić information content (AvgIpc) is 3.32. The van der Waals surface area contributed by atoms with Gasteiger partial charge in [0.25, 0.3) is 0 Å². The van der Waals surface area contributed by atoms with Gasteiger partial charge in [-0.1, -0.05) is 24.3 Å². The molecule has 0 bridgehead atoms. The molecule has 2 heterocycles. The predicted octanol–water partition coefficient (Wildman–Crippen LogP) is 2.74. The second-order valence-electron chi connectivity index (χ2n) is 6.67. The highest BCUT2D eigenvalue weighted by atomic mass is 16.5. The molecule has 8 heteroatoms. The van der Waals surface area contributed by atoms with Gasteiger partial charge in [-0.3, -0.25) is 4.79 Å². The number of aromatic nitrogens is 5. The van der Waals surface area contributed by atoms with Gasteiger partial charge in [0.1, 0.15) is 18.6 Å². The lowest BCUT2D eigenvalue weighted by molar-refractivity contribution is -0.134. The number of esters is 1. The Morgan fingerprint density at radius 1 is 0.867 bits per heavy atom. The second kappa shape index (κ2) is 7.25. The van der Waals surface area contributed by atoms with Crippen LogP contribution >= 0.6 is 0 Å². The number of rotatable bonds is 4. The number of nitrogens with zero attached hydrogens (tertiary/aromatic N) is 5. The molecule has 0 unspecified atom stereocenters. The molecule has 5 rings (SSSR count). The Kier molecular flexibility index (Phi) is 4.29. The molecule has 0 amide bonds. The van der Waals surface area contributed by atoms with Gasteiger partial charge in [-0.05, 0) is 59.0 Å². The third-order valence-corrected chi connectivity index (χ3v) is 4.85. The highest BCUT2D eigenvalue weighted by Crippen LogP contribution is 2.20. The van der Waals surface area contributed by atoms with Crippen molar-refractivity contribution < 1.29 is 9.53 Å². The summed E-state index contributed by atoms with van der Waals surface area (Å²) in [6.07, 6.45) is 1.48. The van der Waals surface area contributed by atoms with E-state index >= 15 is 0 Å². The lowest BCUT2D eigenvalue weighted by Gasteiger charge is -2.14. The summed E-state index contributed by atoms with van der Waals surface area (Å²) in [5, 5.41) is 12.1. The maximum atomic E-state index is 12.8. The maximum absolute atomic E-state index is 12.8. The van der Waals surface area contributed by atoms with Crippen molar-refractivity contribution in [2.75, 3.05) is 0 Å². The quantitative estimate of drug-likeness (QED) is 0.263. The van der Waals surface area contributed by atoms with Crippen molar-refractivity contribution in [3.8, 4) is 11.4 Å². The van der Waals surface area contributed by atoms with E-state index in [0.717, 1.165) is 5.69 Å². The molecule has 0 fully saturated rings. The molecular formula is C22H15N5O3. The molecule has 0 aliphatic rings. The molecule has 8 nitrogen and oxygen atoms in total. The van der Waals surface area contributed by atoms with Crippen molar-refractivity contribution in [1.82, 2.24) is 24.8 Å². The van der Waals surface area contributed by atoms with Crippen molar-refractivity contribution in [3.05, 3.63) is 89.3 Å². The third-order valence-electron chi connectivity index (χ3n) is 4.85. The van der Waals surface area contributed by atoms with Crippen LogP contribution in [0.4, 0.5) is 0 Å². The summed E-state index contributed by atoms with van der Waals surface area (Å²) in [5.74, 6) is -0.0318. The predicted molar refractivity (Wildman–Crippen MR) is 111 cm³/mol. The zero-order valence-corrected chi connectivity index (χ0v) is 15.7. The second-order valence-corrected chi connectivity index (χ2v) is 6.67. The maximum Gasteiger partial charge on any atom is 0.331 e. The summed E-state index contributed by atoms with van der Waals surface area (Å²) in [7, 11) is 0. The van der Waals surface area contributed by atoms with Crippen LogP contribution in [-0.4, -0.2) is 30.7 Å². The molecule has 0 aliphatic carbocycles. The zero-order valence-electron chi connectivity index (χ0n) is 15.7. The van der Waals surface area contributed by atoms with E-state index in [4.69, 9.17) is 4.74 Å². The number of fused-ring (bicyclic) bond motifs is 2. The van der Waals surface area contributed by atoms with E-state index in [9.17, 15) is 9.59 Å². The van der Waals surface area contributed by atoms with Crippen molar-refractivity contribution in [3.63, 3.8) is 0 Å². The first-order valence-electron chi connectivity index (χ1n) is 9.25. The number of carbonyl (C=O) groups excluding carboxylic acids is 1. The van der Waals surface area contributed by atoms with E-state index in [-0.39, 0.29) is 12.0 Å². The minimum absolute atomic E-state index is 0.0317. The minimum atomic E-state index is -0.441. The average molecular weight is 397 g/mol. The monoisotopic (exact) mass is 397 g/mol. The van der Waals surface area contributed by atoms with Crippen LogP contribution in [0.2, 0.25) is 0 Å². The number of tetrazole rings is 1. The van der Waals surface area contributed by atoms with E-state index in [1.807, 2.05) is 41.0 Å². The van der Waals surface area contributed by atoms with Gasteiger partial charge in [-0.25, -0.2) is 9.48 Å². The van der Waals surface area contributed by atoms with Gasteiger partial charge in [0.15, 0.2) is 5.43 Å². The smallest absolute Gasteiger partial charge is 0.331 e. The van der Waals surface area contributed by atoms with Crippen LogP contribution in [0.3, 0.4) is 0 Å². The number of hydrogen-bond acceptors (Lipinski definition) is 6. The van der Waals surface area contributed by atoms with Crippen LogP contribution < -0.4 is 10.2 Å². The number of pyridine rings is 1. The molecule has 3 aromatic carbocycles. The van der Waals surface area contributed by atoms with Crippen molar-refractivity contribution in [2.45, 2.75) is 6.54 Å². The van der Waals surface area contributed by atoms with Crippen LogP contribution in [0.5, 0.6) is 5.75 Å².